The molecule has 4 aromatic rings. The molecule has 2 aromatic carbocycles. The summed E-state index contributed by atoms with van der Waals surface area (Å²) in [6, 6.07) is 20.6. The number of aryl methyl sites for hydroxylation is 1. The predicted molar refractivity (Wildman–Crippen MR) is 115 cm³/mol. The highest BCUT2D eigenvalue weighted by Crippen LogP contribution is 2.49. The molecule has 5 rings (SSSR count). The van der Waals surface area contributed by atoms with Gasteiger partial charge in [-0.3, -0.25) is 9.80 Å². The Morgan fingerprint density at radius 2 is 1.54 bits per heavy atom. The van der Waals surface area contributed by atoms with E-state index < -0.39 is 11.2 Å². The van der Waals surface area contributed by atoms with E-state index in [1.165, 1.54) is 5.56 Å². The third-order valence-corrected chi connectivity index (χ3v) is 6.13. The van der Waals surface area contributed by atoms with Gasteiger partial charge in [-0.15, -0.1) is 0 Å². The number of aromatic nitrogens is 2. The molecule has 1 aliphatic rings. The molecule has 0 aliphatic carbocycles. The third kappa shape index (κ3) is 2.57. The first-order chi connectivity index (χ1) is 13.6. The van der Waals surface area contributed by atoms with Crippen LogP contribution in [-0.4, -0.2) is 25.7 Å². The van der Waals surface area contributed by atoms with Crippen molar-refractivity contribution in [3.05, 3.63) is 84.8 Å². The summed E-state index contributed by atoms with van der Waals surface area (Å²) in [6.45, 7) is 2.07. The molecule has 2 aromatic heterocycles. The molecule has 0 saturated carbocycles. The fourth-order valence-electron chi connectivity index (χ4n) is 3.86. The van der Waals surface area contributed by atoms with Crippen LogP contribution in [-0.2, 0) is 11.2 Å². The van der Waals surface area contributed by atoms with Crippen molar-refractivity contribution in [1.29, 1.82) is 0 Å². The molecule has 28 heavy (non-hydrogen) atoms. The normalized spacial score (nSPS) is 17.2. The minimum atomic E-state index is -1.15. The van der Waals surface area contributed by atoms with Crippen molar-refractivity contribution in [2.45, 2.75) is 12.4 Å². The van der Waals surface area contributed by atoms with Crippen molar-refractivity contribution in [3.63, 3.8) is 0 Å². The summed E-state index contributed by atoms with van der Waals surface area (Å²) in [4.78, 5) is 8.85. The Labute approximate surface area is 167 Å². The van der Waals surface area contributed by atoms with E-state index in [0.29, 0.717) is 0 Å². The molecule has 2 atom stereocenters. The Bertz CT molecular complexity index is 1140. The molecular weight excluding hydrogens is 368 g/mol. The van der Waals surface area contributed by atoms with Crippen LogP contribution in [0.15, 0.2) is 79.3 Å². The van der Waals surface area contributed by atoms with Crippen LogP contribution < -0.4 is 9.80 Å². The van der Waals surface area contributed by atoms with Crippen molar-refractivity contribution >= 4 is 39.6 Å². The molecular formula is C22H20N4OS. The molecule has 140 valence electrons. The average molecular weight is 388 g/mol. The van der Waals surface area contributed by atoms with Gasteiger partial charge < -0.3 is 8.95 Å². The molecule has 0 bridgehead atoms. The first-order valence-electron chi connectivity index (χ1n) is 9.13. The van der Waals surface area contributed by atoms with E-state index in [1.54, 1.807) is 12.5 Å². The van der Waals surface area contributed by atoms with Gasteiger partial charge in [0.25, 0.3) is 5.50 Å². The lowest BCUT2D eigenvalue weighted by molar-refractivity contribution is 0.587. The van der Waals surface area contributed by atoms with E-state index in [2.05, 4.69) is 58.1 Å². The maximum absolute atomic E-state index is 13.0. The maximum Gasteiger partial charge on any atom is 0.275 e. The number of pyridine rings is 1. The number of anilines is 4. The van der Waals surface area contributed by atoms with Crippen LogP contribution in [0.3, 0.4) is 0 Å². The smallest absolute Gasteiger partial charge is 0.275 e. The second-order valence-electron chi connectivity index (χ2n) is 6.94. The SMILES string of the molecule is Cc1ccc(N2c3ccccc3N(c3cccn4ccnc34)C2[S+](C)[O-])cc1. The molecule has 6 heteroatoms. The van der Waals surface area contributed by atoms with Crippen molar-refractivity contribution in [3.8, 4) is 0 Å². The van der Waals surface area contributed by atoms with Gasteiger partial charge in [-0.2, -0.15) is 0 Å². The summed E-state index contributed by atoms with van der Waals surface area (Å²) >= 11 is -1.15. The highest BCUT2D eigenvalue weighted by molar-refractivity contribution is 7.91. The second-order valence-corrected chi connectivity index (χ2v) is 8.36. The molecule has 5 nitrogen and oxygen atoms in total. The zero-order chi connectivity index (χ0) is 19.3. The minimum Gasteiger partial charge on any atom is -0.613 e. The van der Waals surface area contributed by atoms with Crippen LogP contribution in [0.1, 0.15) is 5.56 Å². The number of para-hydroxylation sites is 2. The lowest BCUT2D eigenvalue weighted by Crippen LogP contribution is -2.44. The van der Waals surface area contributed by atoms with Crippen molar-refractivity contribution in [2.24, 2.45) is 0 Å². The van der Waals surface area contributed by atoms with E-state index in [1.807, 2.05) is 41.1 Å². The van der Waals surface area contributed by atoms with E-state index in [-0.39, 0.29) is 5.50 Å². The number of rotatable bonds is 3. The molecule has 0 amide bonds. The van der Waals surface area contributed by atoms with Gasteiger partial charge in [0.05, 0.1) is 23.3 Å². The van der Waals surface area contributed by atoms with Gasteiger partial charge in [0.2, 0.25) is 0 Å². The monoisotopic (exact) mass is 388 g/mol. The first kappa shape index (κ1) is 17.2. The molecule has 0 fully saturated rings. The average Bonchev–Trinajstić information content (AvgIpc) is 3.31. The first-order valence-corrected chi connectivity index (χ1v) is 10.8. The molecule has 1 aliphatic heterocycles. The number of benzene rings is 2. The van der Waals surface area contributed by atoms with Crippen molar-refractivity contribution in [2.75, 3.05) is 16.1 Å². The van der Waals surface area contributed by atoms with Gasteiger partial charge in [0.1, 0.15) is 0 Å². The standard InChI is InChI=1S/C22H20N4OS/c1-16-9-11-17(12-10-16)25-18-6-3-4-7-19(18)26(22(25)28(2)27)20-8-5-14-24-15-13-23-21(20)24/h3-15,22H,1-2H3. The summed E-state index contributed by atoms with van der Waals surface area (Å²) in [5, 5.41) is 0. The highest BCUT2D eigenvalue weighted by atomic mass is 32.2. The van der Waals surface area contributed by atoms with E-state index >= 15 is 0 Å². The van der Waals surface area contributed by atoms with Crippen LogP contribution in [0.25, 0.3) is 5.65 Å². The summed E-state index contributed by atoms with van der Waals surface area (Å²) < 4.78 is 15.0. The zero-order valence-electron chi connectivity index (χ0n) is 15.7. The number of hydrogen-bond donors (Lipinski definition) is 0. The van der Waals surface area contributed by atoms with Crippen LogP contribution in [0, 0.1) is 6.92 Å². The van der Waals surface area contributed by atoms with Crippen LogP contribution in [0.5, 0.6) is 0 Å². The fourth-order valence-corrected chi connectivity index (χ4v) is 4.92. The zero-order valence-corrected chi connectivity index (χ0v) is 16.5. The second kappa shape index (κ2) is 6.58. The quantitative estimate of drug-likeness (QED) is 0.482. The summed E-state index contributed by atoms with van der Waals surface area (Å²) in [5.41, 5.74) is 5.72. The number of nitrogens with zero attached hydrogens (tertiary/aromatic N) is 4. The van der Waals surface area contributed by atoms with Crippen molar-refractivity contribution < 1.29 is 4.55 Å². The largest absolute Gasteiger partial charge is 0.613 e. The van der Waals surface area contributed by atoms with E-state index in [0.717, 1.165) is 28.4 Å². The molecule has 0 saturated heterocycles. The van der Waals surface area contributed by atoms with Gasteiger partial charge in [-0.05, 0) is 54.5 Å². The summed E-state index contributed by atoms with van der Waals surface area (Å²) in [5.74, 6) is 0. The molecule has 0 radical (unpaired) electrons. The number of fused-ring (bicyclic) bond motifs is 2. The lowest BCUT2D eigenvalue weighted by atomic mass is 10.2. The Morgan fingerprint density at radius 3 is 2.25 bits per heavy atom. The van der Waals surface area contributed by atoms with Gasteiger partial charge >= 0.3 is 0 Å². The van der Waals surface area contributed by atoms with E-state index in [9.17, 15) is 4.55 Å². The number of hydrogen-bond acceptors (Lipinski definition) is 4. The summed E-state index contributed by atoms with van der Waals surface area (Å²) in [6.07, 6.45) is 7.45. The molecule has 0 spiro atoms. The summed E-state index contributed by atoms with van der Waals surface area (Å²) in [7, 11) is 0. The van der Waals surface area contributed by atoms with Crippen molar-refractivity contribution in [1.82, 2.24) is 9.38 Å². The Balaban J connectivity index is 1.75. The van der Waals surface area contributed by atoms with Gasteiger partial charge in [-0.25, -0.2) is 4.98 Å². The van der Waals surface area contributed by atoms with Crippen LogP contribution in [0.2, 0.25) is 0 Å². The fraction of sp³-hybridized carbons (Fsp3) is 0.136. The highest BCUT2D eigenvalue weighted by Gasteiger charge is 2.44. The molecule has 3 heterocycles. The Morgan fingerprint density at radius 1 is 0.857 bits per heavy atom. The lowest BCUT2D eigenvalue weighted by Gasteiger charge is -2.32. The van der Waals surface area contributed by atoms with Crippen LogP contribution in [0.4, 0.5) is 22.7 Å². The van der Waals surface area contributed by atoms with Crippen LogP contribution >= 0.6 is 0 Å². The van der Waals surface area contributed by atoms with Gasteiger partial charge in [0.15, 0.2) is 5.65 Å². The third-order valence-electron chi connectivity index (χ3n) is 5.11. The maximum atomic E-state index is 13.0. The van der Waals surface area contributed by atoms with Gasteiger partial charge in [0, 0.05) is 24.3 Å². The number of imidazole rings is 1. The minimum absolute atomic E-state index is 0.358. The van der Waals surface area contributed by atoms with Gasteiger partial charge in [-0.1, -0.05) is 29.8 Å². The Kier molecular flexibility index (Phi) is 4.03. The molecule has 2 unspecified atom stereocenters. The van der Waals surface area contributed by atoms with E-state index in [4.69, 9.17) is 0 Å². The predicted octanol–water partition coefficient (Wildman–Crippen LogP) is 4.59. The Hall–Kier alpha value is -2.96. The molecule has 0 N–H and O–H groups in total. The topological polar surface area (TPSA) is 46.8 Å².